The maximum atomic E-state index is 6.97. The van der Waals surface area contributed by atoms with Crippen molar-refractivity contribution in [3.63, 3.8) is 0 Å². The van der Waals surface area contributed by atoms with Crippen molar-refractivity contribution in [3.05, 3.63) is 60.7 Å². The minimum absolute atomic E-state index is 0.588. The Morgan fingerprint density at radius 1 is 0.613 bits per heavy atom. The van der Waals surface area contributed by atoms with Gasteiger partial charge >= 0.3 is 8.56 Å². The van der Waals surface area contributed by atoms with E-state index in [0.717, 1.165) is 26.1 Å². The minimum atomic E-state index is -2.78. The Bertz CT molecular complexity index is 627. The molecule has 172 valence electrons. The van der Waals surface area contributed by atoms with Crippen LogP contribution < -0.4 is 10.4 Å². The summed E-state index contributed by atoms with van der Waals surface area (Å²) in [6, 6.07) is 21.5. The molecule has 2 aromatic carbocycles. The largest absolute Gasteiger partial charge is 0.407 e. The molecule has 0 spiro atoms. The van der Waals surface area contributed by atoms with Crippen LogP contribution >= 0.6 is 0 Å². The van der Waals surface area contributed by atoms with Gasteiger partial charge in [0.15, 0.2) is 0 Å². The number of hydrogen-bond acceptors (Lipinski definition) is 2. The van der Waals surface area contributed by atoms with E-state index in [4.69, 9.17) is 8.85 Å². The van der Waals surface area contributed by atoms with Crippen molar-refractivity contribution in [3.8, 4) is 0 Å². The number of rotatable bonds is 16. The van der Waals surface area contributed by atoms with Crippen molar-refractivity contribution in [1.29, 1.82) is 0 Å². The van der Waals surface area contributed by atoms with Gasteiger partial charge in [-0.2, -0.15) is 0 Å². The third kappa shape index (κ3) is 7.89. The lowest BCUT2D eigenvalue weighted by Crippen LogP contribution is -2.64. The van der Waals surface area contributed by atoms with Crippen molar-refractivity contribution in [2.45, 2.75) is 79.1 Å². The van der Waals surface area contributed by atoms with Gasteiger partial charge in [-0.05, 0) is 35.1 Å². The van der Waals surface area contributed by atoms with Crippen LogP contribution in [0.1, 0.15) is 79.1 Å². The van der Waals surface area contributed by atoms with Gasteiger partial charge in [0.2, 0.25) is 0 Å². The van der Waals surface area contributed by atoms with Crippen molar-refractivity contribution < 1.29 is 8.85 Å². The first-order valence-corrected chi connectivity index (χ1v) is 14.4. The minimum Gasteiger partial charge on any atom is -0.387 e. The summed E-state index contributed by atoms with van der Waals surface area (Å²) in [5, 5.41) is 2.44. The molecular formula is C28H44O2Si. The molecule has 0 fully saturated rings. The standard InChI is InChI=1S/C28H44O2Si/c1-5-9-17-25(7-3)23-29-31(27-19-13-11-14-20-27,28-21-15-12-16-22-28)30-24-26(8-4)18-10-6-2/h11-16,19-22,25-26H,5-10,17-18,23-24H2,1-4H3. The van der Waals surface area contributed by atoms with E-state index in [1.54, 1.807) is 0 Å². The maximum absolute atomic E-state index is 6.97. The van der Waals surface area contributed by atoms with Crippen LogP contribution in [-0.2, 0) is 8.85 Å². The molecule has 0 bridgehead atoms. The molecule has 2 unspecified atom stereocenters. The zero-order valence-electron chi connectivity index (χ0n) is 20.3. The molecule has 0 saturated heterocycles. The van der Waals surface area contributed by atoms with Crippen LogP contribution in [0.5, 0.6) is 0 Å². The van der Waals surface area contributed by atoms with Crippen molar-refractivity contribution >= 4 is 18.9 Å². The van der Waals surface area contributed by atoms with Crippen LogP contribution in [0.4, 0.5) is 0 Å². The normalized spacial score (nSPS) is 13.8. The highest BCUT2D eigenvalue weighted by Crippen LogP contribution is 2.20. The van der Waals surface area contributed by atoms with Crippen molar-refractivity contribution in [2.75, 3.05) is 13.2 Å². The summed E-state index contributed by atoms with van der Waals surface area (Å²) in [5.41, 5.74) is 0. The zero-order chi connectivity index (χ0) is 22.4. The molecule has 0 amide bonds. The summed E-state index contributed by atoms with van der Waals surface area (Å²) < 4.78 is 13.9. The van der Waals surface area contributed by atoms with Crippen LogP contribution in [0.25, 0.3) is 0 Å². The molecule has 0 saturated carbocycles. The lowest BCUT2D eigenvalue weighted by atomic mass is 10.0. The van der Waals surface area contributed by atoms with E-state index in [-0.39, 0.29) is 0 Å². The molecule has 0 aliphatic rings. The zero-order valence-corrected chi connectivity index (χ0v) is 21.3. The van der Waals surface area contributed by atoms with E-state index in [2.05, 4.69) is 88.4 Å². The summed E-state index contributed by atoms with van der Waals surface area (Å²) in [5.74, 6) is 1.18. The third-order valence-corrected chi connectivity index (χ3v) is 9.77. The highest BCUT2D eigenvalue weighted by Gasteiger charge is 2.43. The number of hydrogen-bond donors (Lipinski definition) is 0. The van der Waals surface area contributed by atoms with E-state index in [0.29, 0.717) is 11.8 Å². The van der Waals surface area contributed by atoms with Gasteiger partial charge in [-0.1, -0.05) is 127 Å². The van der Waals surface area contributed by atoms with Crippen LogP contribution in [-0.4, -0.2) is 21.8 Å². The molecule has 0 aromatic heterocycles. The molecule has 2 aromatic rings. The van der Waals surface area contributed by atoms with Gasteiger partial charge in [0.25, 0.3) is 0 Å². The van der Waals surface area contributed by atoms with E-state index >= 15 is 0 Å². The van der Waals surface area contributed by atoms with Crippen molar-refractivity contribution in [1.82, 2.24) is 0 Å². The Balaban J connectivity index is 2.36. The lowest BCUT2D eigenvalue weighted by molar-refractivity contribution is 0.136. The average molecular weight is 441 g/mol. The molecule has 2 atom stereocenters. The van der Waals surface area contributed by atoms with E-state index in [9.17, 15) is 0 Å². The molecule has 0 heterocycles. The Labute approximate surface area is 192 Å². The molecule has 0 radical (unpaired) electrons. The van der Waals surface area contributed by atoms with E-state index < -0.39 is 8.56 Å². The van der Waals surface area contributed by atoms with Crippen molar-refractivity contribution in [2.24, 2.45) is 11.8 Å². The van der Waals surface area contributed by atoms with Crippen LogP contribution in [0.3, 0.4) is 0 Å². The molecule has 0 aliphatic carbocycles. The second-order valence-corrected chi connectivity index (χ2v) is 11.8. The second kappa shape index (κ2) is 14.6. The Kier molecular flexibility index (Phi) is 12.2. The summed E-state index contributed by atoms with van der Waals surface area (Å²) in [7, 11) is -2.78. The quantitative estimate of drug-likeness (QED) is 0.270. The van der Waals surface area contributed by atoms with Gasteiger partial charge in [-0.25, -0.2) is 0 Å². The fourth-order valence-electron chi connectivity index (χ4n) is 4.12. The van der Waals surface area contributed by atoms with E-state index in [1.165, 1.54) is 48.9 Å². The first-order valence-electron chi connectivity index (χ1n) is 12.6. The van der Waals surface area contributed by atoms with Crippen LogP contribution in [0.2, 0.25) is 0 Å². The fourth-order valence-corrected chi connectivity index (χ4v) is 7.41. The first-order chi connectivity index (χ1) is 15.2. The van der Waals surface area contributed by atoms with Gasteiger partial charge in [-0.3, -0.25) is 0 Å². The fraction of sp³-hybridized carbons (Fsp3) is 0.571. The second-order valence-electron chi connectivity index (χ2n) is 8.80. The Morgan fingerprint density at radius 2 is 1.00 bits per heavy atom. The van der Waals surface area contributed by atoms with Crippen LogP contribution in [0.15, 0.2) is 60.7 Å². The topological polar surface area (TPSA) is 18.5 Å². The van der Waals surface area contributed by atoms with Gasteiger partial charge in [0, 0.05) is 13.2 Å². The summed E-state index contributed by atoms with van der Waals surface area (Å²) in [6.07, 6.45) is 9.78. The van der Waals surface area contributed by atoms with E-state index in [1.807, 2.05) is 0 Å². The van der Waals surface area contributed by atoms with Gasteiger partial charge < -0.3 is 8.85 Å². The monoisotopic (exact) mass is 440 g/mol. The average Bonchev–Trinajstić information content (AvgIpc) is 2.84. The predicted octanol–water partition coefficient (Wildman–Crippen LogP) is 6.71. The molecule has 2 nitrogen and oxygen atoms in total. The molecular weight excluding hydrogens is 396 g/mol. The highest BCUT2D eigenvalue weighted by atomic mass is 28.4. The Morgan fingerprint density at radius 3 is 1.32 bits per heavy atom. The predicted molar refractivity (Wildman–Crippen MR) is 136 cm³/mol. The maximum Gasteiger partial charge on any atom is 0.407 e. The summed E-state index contributed by atoms with van der Waals surface area (Å²) >= 11 is 0. The molecule has 3 heteroatoms. The number of benzene rings is 2. The Hall–Kier alpha value is -1.42. The van der Waals surface area contributed by atoms with Gasteiger partial charge in [-0.15, -0.1) is 0 Å². The SMILES string of the molecule is CCCCC(CC)CO[Si](OCC(CC)CCCC)(c1ccccc1)c1ccccc1. The molecule has 0 aliphatic heterocycles. The number of unbranched alkanes of at least 4 members (excludes halogenated alkanes) is 2. The van der Waals surface area contributed by atoms with Gasteiger partial charge in [0.1, 0.15) is 0 Å². The smallest absolute Gasteiger partial charge is 0.387 e. The summed E-state index contributed by atoms with van der Waals surface area (Å²) in [6.45, 7) is 10.7. The molecule has 0 N–H and O–H groups in total. The van der Waals surface area contributed by atoms with Crippen LogP contribution in [0, 0.1) is 11.8 Å². The molecule has 2 rings (SSSR count). The lowest BCUT2D eigenvalue weighted by Gasteiger charge is -2.34. The highest BCUT2D eigenvalue weighted by molar-refractivity contribution is 6.92. The third-order valence-electron chi connectivity index (χ3n) is 6.44. The summed E-state index contributed by atoms with van der Waals surface area (Å²) in [4.78, 5) is 0. The molecule has 31 heavy (non-hydrogen) atoms. The van der Waals surface area contributed by atoms with Gasteiger partial charge in [0.05, 0.1) is 0 Å². The first kappa shape index (κ1) is 25.8.